The molecule has 1 fully saturated rings. The molecular formula is C20H21ClF4N2O2. The number of alkyl halides is 3. The number of rotatable bonds is 4. The third-order valence-electron chi connectivity index (χ3n) is 4.97. The standard InChI is InChI=1S/C20H20F4N2O2.ClH/c21-16-3-1-2-14(10-16)19(4-6-28-7-5-19)18(27)26-17-9-13(12-25)8-15(11-17)20(22,23)24;/h1-3,8-11H,4-7,12,25H2,(H,26,27);1H. The minimum absolute atomic E-state index is 0. The van der Waals surface area contributed by atoms with Gasteiger partial charge in [0.25, 0.3) is 0 Å². The van der Waals surface area contributed by atoms with Crippen molar-refractivity contribution in [3.8, 4) is 0 Å². The number of hydrogen-bond donors (Lipinski definition) is 2. The predicted molar refractivity (Wildman–Crippen MR) is 103 cm³/mol. The van der Waals surface area contributed by atoms with E-state index in [0.717, 1.165) is 12.1 Å². The van der Waals surface area contributed by atoms with Crippen molar-refractivity contribution >= 4 is 24.0 Å². The lowest BCUT2D eigenvalue weighted by molar-refractivity contribution is -0.137. The van der Waals surface area contributed by atoms with Gasteiger partial charge >= 0.3 is 6.18 Å². The van der Waals surface area contributed by atoms with Crippen LogP contribution in [0, 0.1) is 5.82 Å². The smallest absolute Gasteiger partial charge is 0.381 e. The molecule has 2 aromatic carbocycles. The van der Waals surface area contributed by atoms with Crippen LogP contribution in [0.25, 0.3) is 0 Å². The zero-order valence-corrected chi connectivity index (χ0v) is 16.2. The lowest BCUT2D eigenvalue weighted by atomic mass is 9.73. The van der Waals surface area contributed by atoms with Crippen LogP contribution in [0.2, 0.25) is 0 Å². The quantitative estimate of drug-likeness (QED) is 0.703. The molecule has 1 aliphatic rings. The summed E-state index contributed by atoms with van der Waals surface area (Å²) in [7, 11) is 0. The Bertz CT molecular complexity index is 868. The number of halogens is 5. The molecule has 158 valence electrons. The molecule has 0 bridgehead atoms. The molecule has 4 nitrogen and oxygen atoms in total. The maximum absolute atomic E-state index is 13.8. The second kappa shape index (κ2) is 9.11. The molecule has 3 N–H and O–H groups in total. The Morgan fingerprint density at radius 3 is 2.41 bits per heavy atom. The van der Waals surface area contributed by atoms with E-state index in [4.69, 9.17) is 10.5 Å². The molecule has 1 aliphatic heterocycles. The van der Waals surface area contributed by atoms with Gasteiger partial charge in [0.15, 0.2) is 0 Å². The Labute approximate surface area is 171 Å². The average Bonchev–Trinajstić information content (AvgIpc) is 2.67. The van der Waals surface area contributed by atoms with E-state index < -0.39 is 28.9 Å². The number of nitrogens with one attached hydrogen (secondary N) is 1. The minimum Gasteiger partial charge on any atom is -0.381 e. The van der Waals surface area contributed by atoms with Crippen molar-refractivity contribution < 1.29 is 27.1 Å². The van der Waals surface area contributed by atoms with Gasteiger partial charge in [-0.25, -0.2) is 4.39 Å². The fraction of sp³-hybridized carbons (Fsp3) is 0.350. The summed E-state index contributed by atoms with van der Waals surface area (Å²) in [5.41, 5.74) is 4.24. The molecule has 3 rings (SSSR count). The molecule has 0 aromatic heterocycles. The second-order valence-electron chi connectivity index (χ2n) is 6.78. The summed E-state index contributed by atoms with van der Waals surface area (Å²) in [6.45, 7) is 0.483. The molecule has 0 spiro atoms. The number of nitrogens with two attached hydrogens (primary N) is 1. The molecule has 1 heterocycles. The highest BCUT2D eigenvalue weighted by Crippen LogP contribution is 2.37. The van der Waals surface area contributed by atoms with Crippen molar-refractivity contribution in [3.05, 3.63) is 65.0 Å². The van der Waals surface area contributed by atoms with Crippen LogP contribution >= 0.6 is 12.4 Å². The van der Waals surface area contributed by atoms with Gasteiger partial charge < -0.3 is 15.8 Å². The zero-order chi connectivity index (χ0) is 20.4. The first-order valence-corrected chi connectivity index (χ1v) is 8.81. The summed E-state index contributed by atoms with van der Waals surface area (Å²) in [4.78, 5) is 13.2. The SMILES string of the molecule is Cl.NCc1cc(NC(=O)C2(c3cccc(F)c3)CCOCC2)cc(C(F)(F)F)c1. The first-order valence-electron chi connectivity index (χ1n) is 8.81. The van der Waals surface area contributed by atoms with Gasteiger partial charge in [-0.15, -0.1) is 12.4 Å². The highest BCUT2D eigenvalue weighted by atomic mass is 35.5. The molecule has 0 atom stereocenters. The van der Waals surface area contributed by atoms with Gasteiger partial charge in [-0.05, 0) is 54.3 Å². The number of anilines is 1. The molecule has 29 heavy (non-hydrogen) atoms. The van der Waals surface area contributed by atoms with Crippen LogP contribution in [0.5, 0.6) is 0 Å². The van der Waals surface area contributed by atoms with Gasteiger partial charge in [-0.2, -0.15) is 13.2 Å². The van der Waals surface area contributed by atoms with Gasteiger partial charge in [-0.3, -0.25) is 4.79 Å². The summed E-state index contributed by atoms with van der Waals surface area (Å²) in [5.74, 6) is -0.982. The van der Waals surface area contributed by atoms with E-state index in [1.807, 2.05) is 0 Å². The molecule has 1 amide bonds. The van der Waals surface area contributed by atoms with Crippen molar-refractivity contribution in [2.45, 2.75) is 31.0 Å². The van der Waals surface area contributed by atoms with Crippen molar-refractivity contribution in [1.82, 2.24) is 0 Å². The molecule has 0 radical (unpaired) electrons. The first-order chi connectivity index (χ1) is 13.2. The lowest BCUT2D eigenvalue weighted by Gasteiger charge is -2.36. The highest BCUT2D eigenvalue weighted by Gasteiger charge is 2.42. The van der Waals surface area contributed by atoms with E-state index >= 15 is 0 Å². The Morgan fingerprint density at radius 2 is 1.83 bits per heavy atom. The third kappa shape index (κ3) is 5.07. The van der Waals surface area contributed by atoms with Crippen molar-refractivity contribution in [3.63, 3.8) is 0 Å². The Kier molecular flexibility index (Phi) is 7.26. The molecule has 1 saturated heterocycles. The largest absolute Gasteiger partial charge is 0.416 e. The van der Waals surface area contributed by atoms with E-state index in [0.29, 0.717) is 31.6 Å². The van der Waals surface area contributed by atoms with E-state index in [1.54, 1.807) is 6.07 Å². The number of ether oxygens (including phenoxy) is 1. The van der Waals surface area contributed by atoms with Gasteiger partial charge in [-0.1, -0.05) is 12.1 Å². The van der Waals surface area contributed by atoms with Crippen molar-refractivity contribution in [2.24, 2.45) is 5.73 Å². The summed E-state index contributed by atoms with van der Waals surface area (Å²) in [5, 5.41) is 2.59. The molecule has 0 aliphatic carbocycles. The number of carbonyl (C=O) groups is 1. The maximum Gasteiger partial charge on any atom is 0.416 e. The van der Waals surface area contributed by atoms with Gasteiger partial charge in [0, 0.05) is 25.4 Å². The number of benzene rings is 2. The Balaban J connectivity index is 0.00000300. The molecule has 0 unspecified atom stereocenters. The number of amides is 1. The van der Waals surface area contributed by atoms with Crippen molar-refractivity contribution in [2.75, 3.05) is 18.5 Å². The average molecular weight is 433 g/mol. The molecule has 9 heteroatoms. The van der Waals surface area contributed by atoms with Crippen molar-refractivity contribution in [1.29, 1.82) is 0 Å². The van der Waals surface area contributed by atoms with Crippen LogP contribution in [0.1, 0.15) is 29.5 Å². The topological polar surface area (TPSA) is 64.3 Å². The van der Waals surface area contributed by atoms with Gasteiger partial charge in [0.2, 0.25) is 5.91 Å². The summed E-state index contributed by atoms with van der Waals surface area (Å²) < 4.78 is 58.5. The monoisotopic (exact) mass is 432 g/mol. The summed E-state index contributed by atoms with van der Waals surface area (Å²) >= 11 is 0. The zero-order valence-electron chi connectivity index (χ0n) is 15.4. The Morgan fingerprint density at radius 1 is 1.14 bits per heavy atom. The van der Waals surface area contributed by atoms with Crippen LogP contribution in [0.4, 0.5) is 23.2 Å². The normalized spacial score (nSPS) is 16.0. The van der Waals surface area contributed by atoms with E-state index in [9.17, 15) is 22.4 Å². The van der Waals surface area contributed by atoms with E-state index in [2.05, 4.69) is 5.32 Å². The maximum atomic E-state index is 13.8. The Hall–Kier alpha value is -2.16. The number of hydrogen-bond acceptors (Lipinski definition) is 3. The molecule has 2 aromatic rings. The molecular weight excluding hydrogens is 412 g/mol. The summed E-state index contributed by atoms with van der Waals surface area (Å²) in [6, 6.07) is 8.93. The van der Waals surface area contributed by atoms with Crippen LogP contribution in [-0.4, -0.2) is 19.1 Å². The minimum atomic E-state index is -4.57. The van der Waals surface area contributed by atoms with E-state index in [-0.39, 0.29) is 30.2 Å². The number of carbonyl (C=O) groups excluding carboxylic acids is 1. The van der Waals surface area contributed by atoms with Crippen LogP contribution in [-0.2, 0) is 27.7 Å². The fourth-order valence-electron chi connectivity index (χ4n) is 3.45. The van der Waals surface area contributed by atoms with Crippen LogP contribution in [0.3, 0.4) is 0 Å². The third-order valence-corrected chi connectivity index (χ3v) is 4.97. The van der Waals surface area contributed by atoms with E-state index in [1.165, 1.54) is 24.3 Å². The predicted octanol–water partition coefficient (Wildman–Crippen LogP) is 4.41. The molecule has 0 saturated carbocycles. The lowest BCUT2D eigenvalue weighted by Crippen LogP contribution is -2.45. The summed E-state index contributed by atoms with van der Waals surface area (Å²) in [6.07, 6.45) is -3.97. The van der Waals surface area contributed by atoms with Crippen LogP contribution < -0.4 is 11.1 Å². The second-order valence-corrected chi connectivity index (χ2v) is 6.78. The van der Waals surface area contributed by atoms with Crippen LogP contribution in [0.15, 0.2) is 42.5 Å². The fourth-order valence-corrected chi connectivity index (χ4v) is 3.45. The highest BCUT2D eigenvalue weighted by molar-refractivity contribution is 5.99. The van der Waals surface area contributed by atoms with Gasteiger partial charge in [0.05, 0.1) is 11.0 Å². The van der Waals surface area contributed by atoms with Gasteiger partial charge in [0.1, 0.15) is 5.82 Å². The first kappa shape index (κ1) is 23.1.